The van der Waals surface area contributed by atoms with Gasteiger partial charge in [0.25, 0.3) is 0 Å². The molecule has 1 amide bonds. The molecule has 1 aromatic carbocycles. The number of sulfonamides is 1. The van der Waals surface area contributed by atoms with Gasteiger partial charge in [0.05, 0.1) is 14.1 Å². The van der Waals surface area contributed by atoms with Crippen molar-refractivity contribution in [3.05, 3.63) is 45.4 Å². The zero-order valence-electron chi connectivity index (χ0n) is 12.1. The summed E-state index contributed by atoms with van der Waals surface area (Å²) in [6.07, 6.45) is -0.199. The van der Waals surface area contributed by atoms with Crippen molar-refractivity contribution in [3.8, 4) is 0 Å². The molecular weight excluding hydrogens is 379 g/mol. The summed E-state index contributed by atoms with van der Waals surface area (Å²) in [6, 6.07) is 5.89. The van der Waals surface area contributed by atoms with Crippen molar-refractivity contribution >= 4 is 50.3 Å². The molecule has 0 radical (unpaired) electrons. The van der Waals surface area contributed by atoms with Crippen molar-refractivity contribution in [3.63, 3.8) is 0 Å². The number of ketones is 1. The second-order valence-electron chi connectivity index (χ2n) is 4.80. The number of thiophene rings is 1. The highest BCUT2D eigenvalue weighted by atomic mass is 35.5. The van der Waals surface area contributed by atoms with Gasteiger partial charge in [-0.05, 0) is 30.3 Å². The molecule has 3 N–H and O–H groups in total. The summed E-state index contributed by atoms with van der Waals surface area (Å²) in [7, 11) is -4.10. The largest absolute Gasteiger partial charge is 0.326 e. The third-order valence-electron chi connectivity index (χ3n) is 2.91. The molecule has 1 heterocycles. The first-order valence-corrected chi connectivity index (χ1v) is 9.31. The van der Waals surface area contributed by atoms with Crippen LogP contribution >= 0.6 is 22.9 Å². The summed E-state index contributed by atoms with van der Waals surface area (Å²) >= 11 is 6.85. The molecule has 24 heavy (non-hydrogen) atoms. The first-order chi connectivity index (χ1) is 11.1. The molecule has 0 saturated carbocycles. The zero-order valence-corrected chi connectivity index (χ0v) is 14.5. The molecule has 0 atom stereocenters. The van der Waals surface area contributed by atoms with Crippen molar-refractivity contribution in [2.24, 2.45) is 5.14 Å². The van der Waals surface area contributed by atoms with Crippen molar-refractivity contribution < 1.29 is 22.4 Å². The maximum absolute atomic E-state index is 13.4. The molecule has 0 unspecified atom stereocenters. The molecule has 0 aliphatic carbocycles. The first kappa shape index (κ1) is 18.5. The van der Waals surface area contributed by atoms with Crippen LogP contribution in [0.15, 0.2) is 35.2 Å². The van der Waals surface area contributed by atoms with Gasteiger partial charge in [-0.3, -0.25) is 9.59 Å². The molecular formula is C14H12ClFN2O4S2. The number of Topliss-reactive ketones (excluding diaryl/α,β-unsaturated/α-hetero) is 1. The highest BCUT2D eigenvalue weighted by molar-refractivity contribution is 7.89. The quantitative estimate of drug-likeness (QED) is 0.739. The predicted molar refractivity (Wildman–Crippen MR) is 89.3 cm³/mol. The Morgan fingerprint density at radius 1 is 1.21 bits per heavy atom. The minimum Gasteiger partial charge on any atom is -0.326 e. The van der Waals surface area contributed by atoms with Gasteiger partial charge in [0, 0.05) is 18.5 Å². The molecule has 2 rings (SSSR count). The summed E-state index contributed by atoms with van der Waals surface area (Å²) in [4.78, 5) is 23.7. The van der Waals surface area contributed by atoms with E-state index in [4.69, 9.17) is 16.7 Å². The number of amides is 1. The van der Waals surface area contributed by atoms with Gasteiger partial charge in [-0.2, -0.15) is 0 Å². The highest BCUT2D eigenvalue weighted by Gasteiger charge is 2.14. The summed E-state index contributed by atoms with van der Waals surface area (Å²) in [5.74, 6) is -1.66. The van der Waals surface area contributed by atoms with Gasteiger partial charge in [0.2, 0.25) is 15.9 Å². The predicted octanol–water partition coefficient (Wildman–Crippen LogP) is 2.79. The van der Waals surface area contributed by atoms with E-state index in [-0.39, 0.29) is 24.3 Å². The minimum absolute atomic E-state index is 0.0555. The first-order valence-electron chi connectivity index (χ1n) is 6.57. The van der Waals surface area contributed by atoms with Gasteiger partial charge in [-0.25, -0.2) is 17.9 Å². The topological polar surface area (TPSA) is 106 Å². The fourth-order valence-corrected chi connectivity index (χ4v) is 3.42. The summed E-state index contributed by atoms with van der Waals surface area (Å²) in [5, 5.41) is 7.26. The number of benzene rings is 1. The lowest BCUT2D eigenvalue weighted by Crippen LogP contribution is -2.16. The summed E-state index contributed by atoms with van der Waals surface area (Å²) in [5.41, 5.74) is -0.0596. The normalized spacial score (nSPS) is 11.3. The van der Waals surface area contributed by atoms with Crippen LogP contribution in [0, 0.1) is 5.82 Å². The summed E-state index contributed by atoms with van der Waals surface area (Å²) < 4.78 is 36.4. The smallest absolute Gasteiger partial charge is 0.238 e. The number of hydrogen-bond acceptors (Lipinski definition) is 5. The number of anilines is 1. The van der Waals surface area contributed by atoms with Gasteiger partial charge in [0.1, 0.15) is 5.82 Å². The van der Waals surface area contributed by atoms with E-state index in [1.807, 2.05) is 0 Å². The lowest BCUT2D eigenvalue weighted by Gasteiger charge is -2.07. The fraction of sp³-hybridized carbons (Fsp3) is 0.143. The number of nitrogens with one attached hydrogen (secondary N) is 1. The fourth-order valence-electron chi connectivity index (χ4n) is 1.84. The number of halogens is 2. The van der Waals surface area contributed by atoms with E-state index < -0.39 is 26.6 Å². The Morgan fingerprint density at radius 2 is 1.92 bits per heavy atom. The second kappa shape index (κ2) is 7.39. The maximum atomic E-state index is 13.4. The van der Waals surface area contributed by atoms with Crippen LogP contribution in [0.1, 0.15) is 22.5 Å². The average molecular weight is 391 g/mol. The molecule has 2 aromatic rings. The van der Waals surface area contributed by atoms with Gasteiger partial charge >= 0.3 is 0 Å². The SMILES string of the molecule is NS(=O)(=O)c1cc(F)cc(NC(=O)CCC(=O)c2ccc(Cl)s2)c1. The van der Waals surface area contributed by atoms with Crippen LogP contribution in [-0.2, 0) is 14.8 Å². The third-order valence-corrected chi connectivity index (χ3v) is 5.08. The van der Waals surface area contributed by atoms with Crippen LogP contribution in [-0.4, -0.2) is 20.1 Å². The molecule has 10 heteroatoms. The van der Waals surface area contributed by atoms with Crippen LogP contribution in [0.5, 0.6) is 0 Å². The van der Waals surface area contributed by atoms with E-state index in [0.29, 0.717) is 9.21 Å². The van der Waals surface area contributed by atoms with Gasteiger partial charge in [-0.1, -0.05) is 11.6 Å². The van der Waals surface area contributed by atoms with E-state index in [0.717, 1.165) is 29.5 Å². The minimum atomic E-state index is -4.10. The monoisotopic (exact) mass is 390 g/mol. The molecule has 0 spiro atoms. The van der Waals surface area contributed by atoms with E-state index in [1.54, 1.807) is 12.1 Å². The van der Waals surface area contributed by atoms with E-state index in [9.17, 15) is 22.4 Å². The highest BCUT2D eigenvalue weighted by Crippen LogP contribution is 2.23. The Bertz CT molecular complexity index is 896. The number of rotatable bonds is 6. The second-order valence-corrected chi connectivity index (χ2v) is 8.07. The third kappa shape index (κ3) is 5.10. The lowest BCUT2D eigenvalue weighted by atomic mass is 10.2. The van der Waals surface area contributed by atoms with Gasteiger partial charge in [-0.15, -0.1) is 11.3 Å². The van der Waals surface area contributed by atoms with Gasteiger partial charge in [0.15, 0.2) is 5.78 Å². The molecule has 0 bridgehead atoms. The Morgan fingerprint density at radius 3 is 2.50 bits per heavy atom. The lowest BCUT2D eigenvalue weighted by molar-refractivity contribution is -0.116. The van der Waals surface area contributed by atoms with Crippen LogP contribution in [0.25, 0.3) is 0 Å². The van der Waals surface area contributed by atoms with Crippen LogP contribution in [0.4, 0.5) is 10.1 Å². The number of hydrogen-bond donors (Lipinski definition) is 2. The van der Waals surface area contributed by atoms with Crippen molar-refractivity contribution in [1.29, 1.82) is 0 Å². The maximum Gasteiger partial charge on any atom is 0.238 e. The summed E-state index contributed by atoms with van der Waals surface area (Å²) in [6.45, 7) is 0. The standard InChI is InChI=1S/C14H12ClFN2O4S2/c15-13-3-2-12(23-13)11(19)1-4-14(20)18-9-5-8(16)6-10(7-9)24(17,21)22/h2-3,5-7H,1,4H2,(H,18,20)(H2,17,21,22). The van der Waals surface area contributed by atoms with Crippen LogP contribution in [0.2, 0.25) is 4.34 Å². The number of nitrogens with two attached hydrogens (primary N) is 1. The molecule has 6 nitrogen and oxygen atoms in total. The number of carbonyl (C=O) groups excluding carboxylic acids is 2. The van der Waals surface area contributed by atoms with E-state index in [2.05, 4.69) is 5.32 Å². The van der Waals surface area contributed by atoms with Crippen LogP contribution in [0.3, 0.4) is 0 Å². The number of carbonyl (C=O) groups is 2. The molecule has 0 saturated heterocycles. The Labute approximate surface area is 146 Å². The van der Waals surface area contributed by atoms with Crippen LogP contribution < -0.4 is 10.5 Å². The van der Waals surface area contributed by atoms with Gasteiger partial charge < -0.3 is 5.32 Å². The molecule has 0 aliphatic rings. The average Bonchev–Trinajstić information content (AvgIpc) is 2.90. The zero-order chi connectivity index (χ0) is 17.9. The molecule has 0 fully saturated rings. The molecule has 128 valence electrons. The van der Waals surface area contributed by atoms with Crippen molar-refractivity contribution in [2.45, 2.75) is 17.7 Å². The Hall–Kier alpha value is -1.81. The van der Waals surface area contributed by atoms with Crippen molar-refractivity contribution in [1.82, 2.24) is 0 Å². The van der Waals surface area contributed by atoms with Crippen molar-refractivity contribution in [2.75, 3.05) is 5.32 Å². The molecule has 1 aromatic heterocycles. The van der Waals surface area contributed by atoms with E-state index in [1.165, 1.54) is 0 Å². The van der Waals surface area contributed by atoms with E-state index >= 15 is 0 Å². The number of primary sulfonamides is 1. The Balaban J connectivity index is 2.00. The Kier molecular flexibility index (Phi) is 5.70. The molecule has 0 aliphatic heterocycles.